The van der Waals surface area contributed by atoms with Gasteiger partial charge in [-0.1, -0.05) is 42.5 Å². The average Bonchev–Trinajstić information content (AvgIpc) is 2.75. The molecule has 1 aromatic carbocycles. The first kappa shape index (κ1) is 21.5. The quantitative estimate of drug-likeness (QED) is 0.566. The fourth-order valence-electron chi connectivity index (χ4n) is 3.72. The monoisotopic (exact) mass is 404 g/mol. The maximum atomic E-state index is 12.4. The number of hydrogen-bond donors (Lipinski definition) is 0. The van der Waals surface area contributed by atoms with Crippen LogP contribution in [-0.2, 0) is 33.3 Å². The molecule has 1 fully saturated rings. The van der Waals surface area contributed by atoms with Gasteiger partial charge >= 0.3 is 11.9 Å². The van der Waals surface area contributed by atoms with E-state index in [1.54, 1.807) is 14.2 Å². The van der Waals surface area contributed by atoms with E-state index < -0.39 is 30.5 Å². The number of rotatable bonds is 3. The van der Waals surface area contributed by atoms with Gasteiger partial charge in [-0.15, -0.1) is 0 Å². The number of cyclic esters (lactones) is 1. The van der Waals surface area contributed by atoms with Gasteiger partial charge in [-0.3, -0.25) is 9.59 Å². The minimum atomic E-state index is -0.755. The molecule has 7 heteroatoms. The molecule has 0 spiro atoms. The molecule has 2 aliphatic heterocycles. The third-order valence-corrected chi connectivity index (χ3v) is 5.18. The predicted molar refractivity (Wildman–Crippen MR) is 104 cm³/mol. The fraction of sp³-hybridized carbons (Fsp3) is 0.545. The van der Waals surface area contributed by atoms with E-state index in [-0.39, 0.29) is 31.4 Å². The standard InChI is InChI=1S/C22H28O7/c1-25-21-19(15-10-6-5-7-11-15)28-16-14-27-17(23)12-8-3-4-9-13-18(24)29-20(16)22(21)26-2/h3-7,10-11,16,19-22H,8-9,12-14H2,1-2H3/t16-,19+,20-,21+,22+/m1/s1. The Hall–Kier alpha value is -2.22. The van der Waals surface area contributed by atoms with Crippen LogP contribution in [0.3, 0.4) is 0 Å². The van der Waals surface area contributed by atoms with Crippen LogP contribution >= 0.6 is 0 Å². The zero-order chi connectivity index (χ0) is 20.6. The molecule has 2 aliphatic rings. The van der Waals surface area contributed by atoms with Gasteiger partial charge in [0.2, 0.25) is 0 Å². The van der Waals surface area contributed by atoms with E-state index in [9.17, 15) is 9.59 Å². The Bertz CT molecular complexity index is 702. The van der Waals surface area contributed by atoms with Crippen LogP contribution in [0.25, 0.3) is 0 Å². The van der Waals surface area contributed by atoms with Crippen molar-refractivity contribution >= 4 is 11.9 Å². The first-order valence-electron chi connectivity index (χ1n) is 9.90. The molecule has 0 saturated carbocycles. The molecular weight excluding hydrogens is 376 g/mol. The van der Waals surface area contributed by atoms with E-state index in [1.807, 2.05) is 42.5 Å². The van der Waals surface area contributed by atoms with Crippen LogP contribution in [-0.4, -0.2) is 57.2 Å². The van der Waals surface area contributed by atoms with Crippen LogP contribution in [0.1, 0.15) is 37.4 Å². The summed E-state index contributed by atoms with van der Waals surface area (Å²) in [6.45, 7) is -0.0277. The number of methoxy groups -OCH3 is 2. The molecule has 1 aromatic rings. The maximum Gasteiger partial charge on any atom is 0.306 e. The molecule has 0 amide bonds. The van der Waals surface area contributed by atoms with Gasteiger partial charge in [-0.2, -0.15) is 0 Å². The van der Waals surface area contributed by atoms with Crippen molar-refractivity contribution in [1.29, 1.82) is 0 Å². The lowest BCUT2D eigenvalue weighted by atomic mass is 9.90. The van der Waals surface area contributed by atoms with Crippen molar-refractivity contribution < 1.29 is 33.3 Å². The summed E-state index contributed by atoms with van der Waals surface area (Å²) in [5.74, 6) is -0.671. The Morgan fingerprint density at radius 3 is 2.21 bits per heavy atom. The smallest absolute Gasteiger partial charge is 0.306 e. The van der Waals surface area contributed by atoms with Gasteiger partial charge in [0.1, 0.15) is 31.0 Å². The van der Waals surface area contributed by atoms with Gasteiger partial charge in [-0.05, 0) is 18.4 Å². The maximum absolute atomic E-state index is 12.4. The van der Waals surface area contributed by atoms with E-state index in [0.717, 1.165) is 5.56 Å². The summed E-state index contributed by atoms with van der Waals surface area (Å²) in [5.41, 5.74) is 0.907. The number of carbonyl (C=O) groups is 2. The molecule has 158 valence electrons. The van der Waals surface area contributed by atoms with E-state index in [1.165, 1.54) is 0 Å². The molecule has 29 heavy (non-hydrogen) atoms. The largest absolute Gasteiger partial charge is 0.463 e. The van der Waals surface area contributed by atoms with Crippen molar-refractivity contribution in [3.8, 4) is 0 Å². The van der Waals surface area contributed by atoms with E-state index in [0.29, 0.717) is 12.8 Å². The molecule has 0 unspecified atom stereocenters. The zero-order valence-corrected chi connectivity index (χ0v) is 16.8. The summed E-state index contributed by atoms with van der Waals surface area (Å²) in [5, 5.41) is 0. The van der Waals surface area contributed by atoms with Crippen molar-refractivity contribution in [1.82, 2.24) is 0 Å². The number of carbonyl (C=O) groups excluding carboxylic acids is 2. The highest BCUT2D eigenvalue weighted by Crippen LogP contribution is 2.36. The molecule has 0 bridgehead atoms. The van der Waals surface area contributed by atoms with Crippen molar-refractivity contribution in [3.63, 3.8) is 0 Å². The average molecular weight is 404 g/mol. The van der Waals surface area contributed by atoms with Crippen LogP contribution in [0.5, 0.6) is 0 Å². The number of esters is 2. The van der Waals surface area contributed by atoms with Crippen molar-refractivity contribution in [3.05, 3.63) is 48.0 Å². The second kappa shape index (κ2) is 10.5. The minimum Gasteiger partial charge on any atom is -0.463 e. The van der Waals surface area contributed by atoms with E-state index in [2.05, 4.69) is 0 Å². The summed E-state index contributed by atoms with van der Waals surface area (Å²) < 4.78 is 28.8. The summed E-state index contributed by atoms with van der Waals surface area (Å²) in [6, 6.07) is 9.62. The van der Waals surface area contributed by atoms with Gasteiger partial charge < -0.3 is 23.7 Å². The van der Waals surface area contributed by atoms with Gasteiger partial charge in [0.15, 0.2) is 6.10 Å². The van der Waals surface area contributed by atoms with E-state index in [4.69, 9.17) is 23.7 Å². The molecule has 2 heterocycles. The lowest BCUT2D eigenvalue weighted by Gasteiger charge is -2.45. The number of benzene rings is 1. The molecule has 0 aliphatic carbocycles. The van der Waals surface area contributed by atoms with Crippen LogP contribution in [0, 0.1) is 0 Å². The lowest BCUT2D eigenvalue weighted by molar-refractivity contribution is -0.253. The summed E-state index contributed by atoms with van der Waals surface area (Å²) in [7, 11) is 3.12. The third-order valence-electron chi connectivity index (χ3n) is 5.18. The Morgan fingerprint density at radius 2 is 1.55 bits per heavy atom. The lowest BCUT2D eigenvalue weighted by Crippen LogP contribution is -2.58. The molecule has 0 radical (unpaired) electrons. The number of hydrogen-bond acceptors (Lipinski definition) is 7. The molecule has 5 atom stereocenters. The predicted octanol–water partition coefficient (Wildman–Crippen LogP) is 2.74. The molecule has 0 N–H and O–H groups in total. The van der Waals surface area contributed by atoms with Crippen LogP contribution < -0.4 is 0 Å². The van der Waals surface area contributed by atoms with Crippen molar-refractivity contribution in [2.45, 2.75) is 56.2 Å². The van der Waals surface area contributed by atoms with Gasteiger partial charge in [0, 0.05) is 27.1 Å². The topological polar surface area (TPSA) is 80.3 Å². The van der Waals surface area contributed by atoms with Crippen molar-refractivity contribution in [2.24, 2.45) is 0 Å². The third kappa shape index (κ3) is 5.44. The summed E-state index contributed by atoms with van der Waals surface area (Å²) in [4.78, 5) is 24.5. The Balaban J connectivity index is 1.89. The van der Waals surface area contributed by atoms with Gasteiger partial charge in [0.25, 0.3) is 0 Å². The zero-order valence-electron chi connectivity index (χ0n) is 16.8. The molecular formula is C22H28O7. The SMILES string of the molecule is CO[C@@H]1[C@@H](OC)[C@H](c2ccccc2)O[C@@H]2COC(=O)CCC=CCCC(=O)O[C@@H]12. The summed E-state index contributed by atoms with van der Waals surface area (Å²) >= 11 is 0. The highest BCUT2D eigenvalue weighted by atomic mass is 16.6. The second-order valence-electron chi connectivity index (χ2n) is 7.09. The minimum absolute atomic E-state index is 0.0277. The molecule has 0 aromatic heterocycles. The molecule has 7 nitrogen and oxygen atoms in total. The fourth-order valence-corrected chi connectivity index (χ4v) is 3.72. The van der Waals surface area contributed by atoms with Crippen LogP contribution in [0.4, 0.5) is 0 Å². The van der Waals surface area contributed by atoms with Gasteiger partial charge in [-0.25, -0.2) is 0 Å². The van der Waals surface area contributed by atoms with E-state index >= 15 is 0 Å². The van der Waals surface area contributed by atoms with Crippen LogP contribution in [0.2, 0.25) is 0 Å². The Kier molecular flexibility index (Phi) is 7.80. The van der Waals surface area contributed by atoms with Crippen molar-refractivity contribution in [2.75, 3.05) is 20.8 Å². The highest BCUT2D eigenvalue weighted by molar-refractivity contribution is 5.70. The first-order valence-corrected chi connectivity index (χ1v) is 9.90. The Labute approximate surface area is 170 Å². The normalized spacial score (nSPS) is 31.4. The van der Waals surface area contributed by atoms with Crippen LogP contribution in [0.15, 0.2) is 42.5 Å². The Morgan fingerprint density at radius 1 is 0.897 bits per heavy atom. The number of fused-ring (bicyclic) bond motifs is 1. The molecule has 1 saturated heterocycles. The number of ether oxygens (including phenoxy) is 5. The number of allylic oxidation sites excluding steroid dienone is 2. The van der Waals surface area contributed by atoms with Gasteiger partial charge in [0.05, 0.1) is 0 Å². The highest BCUT2D eigenvalue weighted by Gasteiger charge is 2.49. The second-order valence-corrected chi connectivity index (χ2v) is 7.09. The summed E-state index contributed by atoms with van der Waals surface area (Å²) in [6.07, 6.45) is 2.43. The molecule has 3 rings (SSSR count). The first-order chi connectivity index (χ1) is 14.1.